The van der Waals surface area contributed by atoms with Crippen LogP contribution in [-0.2, 0) is 6.54 Å². The van der Waals surface area contributed by atoms with Gasteiger partial charge in [-0.2, -0.15) is 0 Å². The maximum absolute atomic E-state index is 6.16. The van der Waals surface area contributed by atoms with Crippen LogP contribution in [0.4, 0.5) is 0 Å². The highest BCUT2D eigenvalue weighted by Gasteiger charge is 2.36. The minimum absolute atomic E-state index is 0.105. The summed E-state index contributed by atoms with van der Waals surface area (Å²) in [7, 11) is 4.39. The standard InChI is InChI=1S/C14H26N4/c1-4-12(15)13-9-16-11-18(13)10-14(17(2)3)7-5-6-8-14/h9,11-12H,4-8,10,15H2,1-3H3/t12-/m1/s1. The third-order valence-corrected chi connectivity index (χ3v) is 4.51. The monoisotopic (exact) mass is 250 g/mol. The number of hydrogen-bond donors (Lipinski definition) is 1. The van der Waals surface area contributed by atoms with Crippen molar-refractivity contribution in [3.8, 4) is 0 Å². The van der Waals surface area contributed by atoms with Gasteiger partial charge in [-0.05, 0) is 33.4 Å². The Kier molecular flexibility index (Phi) is 4.07. The highest BCUT2D eigenvalue weighted by molar-refractivity contribution is 5.06. The second-order valence-electron chi connectivity index (χ2n) is 5.79. The van der Waals surface area contributed by atoms with Gasteiger partial charge >= 0.3 is 0 Å². The molecule has 0 radical (unpaired) electrons. The van der Waals surface area contributed by atoms with Crippen molar-refractivity contribution in [2.45, 2.75) is 57.2 Å². The van der Waals surface area contributed by atoms with Crippen molar-refractivity contribution >= 4 is 0 Å². The zero-order valence-electron chi connectivity index (χ0n) is 11.9. The number of nitrogens with two attached hydrogens (primary N) is 1. The smallest absolute Gasteiger partial charge is 0.0949 e. The third-order valence-electron chi connectivity index (χ3n) is 4.51. The molecule has 1 saturated carbocycles. The maximum atomic E-state index is 6.16. The molecular formula is C14H26N4. The van der Waals surface area contributed by atoms with Gasteiger partial charge in [-0.15, -0.1) is 0 Å². The molecule has 1 aromatic rings. The summed E-state index contributed by atoms with van der Waals surface area (Å²) in [6, 6.07) is 0.105. The summed E-state index contributed by atoms with van der Waals surface area (Å²) in [5.74, 6) is 0. The molecule has 0 bridgehead atoms. The van der Waals surface area contributed by atoms with Crippen LogP contribution in [0.1, 0.15) is 50.8 Å². The van der Waals surface area contributed by atoms with Gasteiger partial charge in [-0.25, -0.2) is 4.98 Å². The van der Waals surface area contributed by atoms with E-state index in [1.807, 2.05) is 12.5 Å². The Bertz CT molecular complexity index is 377. The zero-order valence-corrected chi connectivity index (χ0v) is 11.9. The van der Waals surface area contributed by atoms with Gasteiger partial charge in [0.2, 0.25) is 0 Å². The van der Waals surface area contributed by atoms with Crippen LogP contribution in [0, 0.1) is 0 Å². The summed E-state index contributed by atoms with van der Waals surface area (Å²) in [6.07, 6.45) is 10.0. The van der Waals surface area contributed by atoms with E-state index in [1.165, 1.54) is 31.4 Å². The first-order chi connectivity index (χ1) is 8.59. The first-order valence-electron chi connectivity index (χ1n) is 7.02. The van der Waals surface area contributed by atoms with E-state index in [0.29, 0.717) is 5.54 Å². The number of hydrogen-bond acceptors (Lipinski definition) is 3. The van der Waals surface area contributed by atoms with Crippen LogP contribution in [0.15, 0.2) is 12.5 Å². The normalized spacial score (nSPS) is 20.5. The summed E-state index contributed by atoms with van der Waals surface area (Å²) in [5, 5.41) is 0. The average Bonchev–Trinajstić information content (AvgIpc) is 2.98. The fourth-order valence-electron chi connectivity index (χ4n) is 3.08. The Labute approximate surface area is 110 Å². The van der Waals surface area contributed by atoms with Gasteiger partial charge in [0.25, 0.3) is 0 Å². The lowest BCUT2D eigenvalue weighted by Crippen LogP contribution is -2.45. The van der Waals surface area contributed by atoms with Crippen molar-refractivity contribution in [1.82, 2.24) is 14.5 Å². The quantitative estimate of drug-likeness (QED) is 0.871. The van der Waals surface area contributed by atoms with Gasteiger partial charge in [0.15, 0.2) is 0 Å². The number of aromatic nitrogens is 2. The Hall–Kier alpha value is -0.870. The molecule has 102 valence electrons. The molecule has 0 unspecified atom stereocenters. The van der Waals surface area contributed by atoms with Crippen LogP contribution in [0.25, 0.3) is 0 Å². The molecule has 1 atom stereocenters. The van der Waals surface area contributed by atoms with E-state index >= 15 is 0 Å². The molecule has 0 aliphatic heterocycles. The Morgan fingerprint density at radius 2 is 2.11 bits per heavy atom. The van der Waals surface area contributed by atoms with Crippen LogP contribution in [0.2, 0.25) is 0 Å². The molecule has 0 aromatic carbocycles. The molecule has 2 rings (SSSR count). The summed E-state index contributed by atoms with van der Waals surface area (Å²) >= 11 is 0. The lowest BCUT2D eigenvalue weighted by molar-refractivity contribution is 0.132. The van der Waals surface area contributed by atoms with Crippen molar-refractivity contribution in [3.05, 3.63) is 18.2 Å². The fraction of sp³-hybridized carbons (Fsp3) is 0.786. The van der Waals surface area contributed by atoms with Gasteiger partial charge in [0.1, 0.15) is 0 Å². The molecule has 0 amide bonds. The minimum Gasteiger partial charge on any atom is -0.331 e. The highest BCUT2D eigenvalue weighted by Crippen LogP contribution is 2.35. The van der Waals surface area contributed by atoms with Gasteiger partial charge in [0, 0.05) is 24.3 Å². The van der Waals surface area contributed by atoms with Crippen molar-refractivity contribution in [1.29, 1.82) is 0 Å². The molecule has 0 spiro atoms. The molecule has 18 heavy (non-hydrogen) atoms. The molecule has 0 saturated heterocycles. The van der Waals surface area contributed by atoms with Crippen molar-refractivity contribution in [2.24, 2.45) is 5.73 Å². The molecule has 4 nitrogen and oxygen atoms in total. The Morgan fingerprint density at radius 1 is 1.44 bits per heavy atom. The second kappa shape index (κ2) is 5.41. The van der Waals surface area contributed by atoms with Crippen molar-refractivity contribution in [2.75, 3.05) is 14.1 Å². The van der Waals surface area contributed by atoms with Gasteiger partial charge in [-0.1, -0.05) is 19.8 Å². The first kappa shape index (κ1) is 13.6. The SMILES string of the molecule is CC[C@@H](N)c1cncn1CC1(N(C)C)CCCC1. The van der Waals surface area contributed by atoms with Crippen LogP contribution >= 0.6 is 0 Å². The molecule has 1 heterocycles. The molecular weight excluding hydrogens is 224 g/mol. The Balaban J connectivity index is 2.20. The van der Waals surface area contributed by atoms with E-state index in [2.05, 4.69) is 35.5 Å². The van der Waals surface area contributed by atoms with Crippen LogP contribution < -0.4 is 5.73 Å². The Morgan fingerprint density at radius 3 is 2.67 bits per heavy atom. The summed E-state index contributed by atoms with van der Waals surface area (Å²) in [5.41, 5.74) is 7.63. The van der Waals surface area contributed by atoms with Crippen LogP contribution in [0.5, 0.6) is 0 Å². The number of likely N-dealkylation sites (N-methyl/N-ethyl adjacent to an activating group) is 1. The zero-order chi connectivity index (χ0) is 13.2. The molecule has 1 aliphatic rings. The lowest BCUT2D eigenvalue weighted by Gasteiger charge is -2.37. The number of nitrogens with zero attached hydrogens (tertiary/aromatic N) is 3. The van der Waals surface area contributed by atoms with Crippen molar-refractivity contribution in [3.63, 3.8) is 0 Å². The van der Waals surface area contributed by atoms with E-state index in [-0.39, 0.29) is 6.04 Å². The third kappa shape index (κ3) is 2.45. The first-order valence-corrected chi connectivity index (χ1v) is 7.02. The van der Waals surface area contributed by atoms with Gasteiger partial charge in [0.05, 0.1) is 12.0 Å². The van der Waals surface area contributed by atoms with Gasteiger partial charge in [-0.3, -0.25) is 0 Å². The average molecular weight is 250 g/mol. The predicted octanol–water partition coefficient (Wildman–Crippen LogP) is 2.17. The molecule has 2 N–H and O–H groups in total. The van der Waals surface area contributed by atoms with E-state index in [9.17, 15) is 0 Å². The maximum Gasteiger partial charge on any atom is 0.0949 e. The summed E-state index contributed by atoms with van der Waals surface area (Å²) < 4.78 is 2.26. The number of imidazole rings is 1. The van der Waals surface area contributed by atoms with Crippen LogP contribution in [-0.4, -0.2) is 34.1 Å². The predicted molar refractivity (Wildman–Crippen MR) is 74.3 cm³/mol. The summed E-state index contributed by atoms with van der Waals surface area (Å²) in [4.78, 5) is 6.68. The van der Waals surface area contributed by atoms with Gasteiger partial charge < -0.3 is 15.2 Å². The molecule has 4 heteroatoms. The largest absolute Gasteiger partial charge is 0.331 e. The summed E-state index contributed by atoms with van der Waals surface area (Å²) in [6.45, 7) is 3.14. The molecule has 1 aromatic heterocycles. The fourth-order valence-corrected chi connectivity index (χ4v) is 3.08. The molecule has 1 aliphatic carbocycles. The van der Waals surface area contributed by atoms with E-state index in [1.54, 1.807) is 0 Å². The molecule has 1 fully saturated rings. The topological polar surface area (TPSA) is 47.1 Å². The van der Waals surface area contributed by atoms with E-state index in [0.717, 1.165) is 13.0 Å². The van der Waals surface area contributed by atoms with Crippen LogP contribution in [0.3, 0.4) is 0 Å². The van der Waals surface area contributed by atoms with E-state index in [4.69, 9.17) is 5.73 Å². The van der Waals surface area contributed by atoms with Crippen molar-refractivity contribution < 1.29 is 0 Å². The van der Waals surface area contributed by atoms with E-state index < -0.39 is 0 Å². The minimum atomic E-state index is 0.105. The highest BCUT2D eigenvalue weighted by atomic mass is 15.2. The number of rotatable bonds is 5. The second-order valence-corrected chi connectivity index (χ2v) is 5.79. The lowest BCUT2D eigenvalue weighted by atomic mass is 9.95.